The minimum atomic E-state index is -1.88. The molecule has 0 bridgehead atoms. The smallest absolute Gasteiger partial charge is 0.317 e. The van der Waals surface area contributed by atoms with Gasteiger partial charge in [-0.05, 0) is 32.5 Å². The predicted molar refractivity (Wildman–Crippen MR) is 75.7 cm³/mol. The molecule has 1 amide bonds. The van der Waals surface area contributed by atoms with Crippen molar-refractivity contribution < 1.29 is 14.0 Å². The highest BCUT2D eigenvalue weighted by Crippen LogP contribution is 2.03. The van der Waals surface area contributed by atoms with E-state index in [0.717, 1.165) is 25.9 Å². The molecule has 0 fully saturated rings. The number of rotatable bonds is 7. The lowest BCUT2D eigenvalue weighted by Crippen LogP contribution is -2.31. The number of amides is 1. The van der Waals surface area contributed by atoms with Crippen molar-refractivity contribution >= 4 is 20.2 Å². The molecule has 0 aliphatic carbocycles. The first kappa shape index (κ1) is 16.9. The average Bonchev–Trinajstić information content (AvgIpc) is 2.23. The first-order chi connectivity index (χ1) is 8.30. The Morgan fingerprint density at radius 3 is 1.94 bits per heavy atom. The van der Waals surface area contributed by atoms with E-state index < -0.39 is 14.3 Å². The normalized spacial score (nSPS) is 11.6. The summed E-state index contributed by atoms with van der Waals surface area (Å²) >= 11 is 0. The molecule has 0 spiro atoms. The Balaban J connectivity index is 4.38. The summed E-state index contributed by atoms with van der Waals surface area (Å²) in [5.74, 6) is -0.540. The Hall–Kier alpha value is -1.10. The lowest BCUT2D eigenvalue weighted by Gasteiger charge is -2.19. The molecule has 5 heteroatoms. The van der Waals surface area contributed by atoms with Crippen molar-refractivity contribution in [2.24, 2.45) is 0 Å². The summed E-state index contributed by atoms with van der Waals surface area (Å²) < 4.78 is 5.23. The lowest BCUT2D eigenvalue weighted by atomic mass is 10.3. The summed E-state index contributed by atoms with van der Waals surface area (Å²) in [4.78, 5) is 25.0. The SMILES string of the molecule is CCCN(CCC)C(=O)C=CC(=O)O[Si](C)(C)C. The zero-order valence-corrected chi connectivity index (χ0v) is 13.2. The van der Waals surface area contributed by atoms with E-state index in [-0.39, 0.29) is 5.91 Å². The second-order valence-corrected chi connectivity index (χ2v) is 9.62. The number of carbonyl (C=O) groups is 2. The molecule has 0 aromatic heterocycles. The molecule has 0 rings (SSSR count). The molecule has 0 N–H and O–H groups in total. The summed E-state index contributed by atoms with van der Waals surface area (Å²) in [5, 5.41) is 0. The maximum absolute atomic E-state index is 11.8. The highest BCUT2D eigenvalue weighted by Gasteiger charge is 2.18. The van der Waals surface area contributed by atoms with Crippen LogP contribution in [0.25, 0.3) is 0 Å². The van der Waals surface area contributed by atoms with Crippen LogP contribution in [0.15, 0.2) is 12.2 Å². The quantitative estimate of drug-likeness (QED) is 0.528. The molecule has 0 heterocycles. The van der Waals surface area contributed by atoms with Crippen LogP contribution in [-0.2, 0) is 14.0 Å². The molecule has 0 atom stereocenters. The van der Waals surface area contributed by atoms with E-state index in [1.807, 2.05) is 33.5 Å². The van der Waals surface area contributed by atoms with E-state index >= 15 is 0 Å². The highest BCUT2D eigenvalue weighted by molar-refractivity contribution is 6.71. The van der Waals surface area contributed by atoms with Gasteiger partial charge in [0.05, 0.1) is 0 Å². The fraction of sp³-hybridized carbons (Fsp3) is 0.692. The highest BCUT2D eigenvalue weighted by atomic mass is 28.4. The molecule has 0 unspecified atom stereocenters. The Morgan fingerprint density at radius 2 is 1.56 bits per heavy atom. The van der Waals surface area contributed by atoms with Crippen molar-refractivity contribution in [2.45, 2.75) is 46.3 Å². The van der Waals surface area contributed by atoms with E-state index in [2.05, 4.69) is 0 Å². The third kappa shape index (κ3) is 8.06. The fourth-order valence-corrected chi connectivity index (χ4v) is 2.12. The molecule has 0 saturated carbocycles. The molecule has 0 aliphatic heterocycles. The molecular weight excluding hydrogens is 246 g/mol. The van der Waals surface area contributed by atoms with Crippen LogP contribution in [0.1, 0.15) is 26.7 Å². The third-order valence-electron chi connectivity index (χ3n) is 2.07. The number of hydrogen-bond donors (Lipinski definition) is 0. The van der Waals surface area contributed by atoms with Gasteiger partial charge in [0.25, 0.3) is 0 Å². The van der Waals surface area contributed by atoms with Gasteiger partial charge in [-0.1, -0.05) is 13.8 Å². The second-order valence-electron chi connectivity index (χ2n) is 5.19. The standard InChI is InChI=1S/C13H25NO3Si/c1-6-10-14(11-7-2)12(15)8-9-13(16)17-18(3,4)5/h8-9H,6-7,10-11H2,1-5H3. The van der Waals surface area contributed by atoms with Crippen molar-refractivity contribution in [1.29, 1.82) is 0 Å². The van der Waals surface area contributed by atoms with E-state index in [9.17, 15) is 9.59 Å². The summed E-state index contributed by atoms with van der Waals surface area (Å²) in [7, 11) is -1.88. The van der Waals surface area contributed by atoms with Gasteiger partial charge in [-0.3, -0.25) is 4.79 Å². The van der Waals surface area contributed by atoms with Crippen LogP contribution in [-0.4, -0.2) is 38.2 Å². The van der Waals surface area contributed by atoms with Crippen LogP contribution in [0.5, 0.6) is 0 Å². The van der Waals surface area contributed by atoms with Crippen LogP contribution in [0.2, 0.25) is 19.6 Å². The van der Waals surface area contributed by atoms with Crippen LogP contribution in [0.4, 0.5) is 0 Å². The molecular formula is C13H25NO3Si. The van der Waals surface area contributed by atoms with Crippen molar-refractivity contribution in [3.8, 4) is 0 Å². The van der Waals surface area contributed by atoms with E-state index in [1.54, 1.807) is 4.90 Å². The monoisotopic (exact) mass is 271 g/mol. The van der Waals surface area contributed by atoms with Gasteiger partial charge in [0.2, 0.25) is 14.2 Å². The lowest BCUT2D eigenvalue weighted by molar-refractivity contribution is -0.131. The van der Waals surface area contributed by atoms with Crippen LogP contribution >= 0.6 is 0 Å². The Morgan fingerprint density at radius 1 is 1.06 bits per heavy atom. The Kier molecular flexibility index (Phi) is 7.58. The molecule has 0 aliphatic rings. The van der Waals surface area contributed by atoms with Gasteiger partial charge in [0.1, 0.15) is 0 Å². The van der Waals surface area contributed by atoms with Gasteiger partial charge < -0.3 is 9.33 Å². The Bertz CT molecular complexity index is 302. The van der Waals surface area contributed by atoms with Crippen LogP contribution < -0.4 is 0 Å². The van der Waals surface area contributed by atoms with Gasteiger partial charge >= 0.3 is 5.97 Å². The maximum Gasteiger partial charge on any atom is 0.317 e. The van der Waals surface area contributed by atoms with Crippen molar-refractivity contribution in [3.05, 3.63) is 12.2 Å². The van der Waals surface area contributed by atoms with Crippen molar-refractivity contribution in [1.82, 2.24) is 4.90 Å². The third-order valence-corrected chi connectivity index (χ3v) is 2.88. The van der Waals surface area contributed by atoms with Crippen molar-refractivity contribution in [2.75, 3.05) is 13.1 Å². The summed E-state index contributed by atoms with van der Waals surface area (Å²) in [6.45, 7) is 11.3. The van der Waals surface area contributed by atoms with Crippen molar-refractivity contribution in [3.63, 3.8) is 0 Å². The molecule has 0 aromatic carbocycles. The number of carbonyl (C=O) groups excluding carboxylic acids is 2. The molecule has 0 radical (unpaired) electrons. The van der Waals surface area contributed by atoms with Gasteiger partial charge in [-0.2, -0.15) is 0 Å². The minimum Gasteiger partial charge on any atom is -0.517 e. The van der Waals surface area contributed by atoms with Gasteiger partial charge in [-0.25, -0.2) is 4.79 Å². The largest absolute Gasteiger partial charge is 0.517 e. The molecule has 18 heavy (non-hydrogen) atoms. The first-order valence-electron chi connectivity index (χ1n) is 6.50. The van der Waals surface area contributed by atoms with E-state index in [4.69, 9.17) is 4.43 Å². The van der Waals surface area contributed by atoms with Gasteiger partial charge in [0.15, 0.2) is 0 Å². The second kappa shape index (κ2) is 8.08. The van der Waals surface area contributed by atoms with Crippen LogP contribution in [0, 0.1) is 0 Å². The zero-order chi connectivity index (χ0) is 14.2. The van der Waals surface area contributed by atoms with Crippen LogP contribution in [0.3, 0.4) is 0 Å². The minimum absolute atomic E-state index is 0.119. The Labute approximate surface area is 111 Å². The molecule has 4 nitrogen and oxygen atoms in total. The zero-order valence-electron chi connectivity index (χ0n) is 12.2. The molecule has 104 valence electrons. The fourth-order valence-electron chi connectivity index (χ4n) is 1.45. The van der Waals surface area contributed by atoms with Gasteiger partial charge in [-0.15, -0.1) is 0 Å². The van der Waals surface area contributed by atoms with E-state index in [1.165, 1.54) is 12.2 Å². The van der Waals surface area contributed by atoms with E-state index in [0.29, 0.717) is 0 Å². The summed E-state index contributed by atoms with van der Waals surface area (Å²) in [6.07, 6.45) is 4.38. The molecule has 0 aromatic rings. The summed E-state index contributed by atoms with van der Waals surface area (Å²) in [5.41, 5.74) is 0. The predicted octanol–water partition coefficient (Wildman–Crippen LogP) is 2.57. The van der Waals surface area contributed by atoms with Gasteiger partial charge in [0, 0.05) is 25.2 Å². The first-order valence-corrected chi connectivity index (χ1v) is 9.91. The molecule has 0 saturated heterocycles. The summed E-state index contributed by atoms with van der Waals surface area (Å²) in [6, 6.07) is 0. The number of hydrogen-bond acceptors (Lipinski definition) is 3. The topological polar surface area (TPSA) is 46.6 Å². The average molecular weight is 271 g/mol. The maximum atomic E-state index is 11.8. The number of nitrogens with zero attached hydrogens (tertiary/aromatic N) is 1.